The molecule has 1 aliphatic heterocycles. The van der Waals surface area contributed by atoms with Crippen LogP contribution in [0, 0.1) is 6.92 Å². The molecule has 1 N–H and O–H groups in total. The predicted molar refractivity (Wildman–Crippen MR) is 158 cm³/mol. The predicted octanol–water partition coefficient (Wildman–Crippen LogP) is 3.60. The van der Waals surface area contributed by atoms with Crippen LogP contribution < -0.4 is 10.1 Å². The highest BCUT2D eigenvalue weighted by molar-refractivity contribution is 5.64. The number of aryl methyl sites for hydroxylation is 2. The van der Waals surface area contributed by atoms with Gasteiger partial charge in [0.2, 0.25) is 0 Å². The van der Waals surface area contributed by atoms with Crippen molar-refractivity contribution in [2.75, 3.05) is 25.0 Å². The van der Waals surface area contributed by atoms with Crippen LogP contribution in [0.4, 0.5) is 5.82 Å². The van der Waals surface area contributed by atoms with Crippen LogP contribution >= 0.6 is 0 Å². The van der Waals surface area contributed by atoms with Gasteiger partial charge in [0.25, 0.3) is 0 Å². The van der Waals surface area contributed by atoms with Crippen LogP contribution in [0.15, 0.2) is 73.6 Å². The Balaban J connectivity index is 0.968. The quantitative estimate of drug-likeness (QED) is 0.283. The normalized spacial score (nSPS) is 13.4. The number of benzene rings is 1. The molecule has 0 amide bonds. The minimum atomic E-state index is 0.587. The van der Waals surface area contributed by atoms with Crippen LogP contribution in [0.3, 0.4) is 0 Å². The maximum absolute atomic E-state index is 6.07. The van der Waals surface area contributed by atoms with Crippen molar-refractivity contribution in [1.29, 1.82) is 0 Å². The summed E-state index contributed by atoms with van der Waals surface area (Å²) in [5, 5.41) is 12.1. The summed E-state index contributed by atoms with van der Waals surface area (Å²) >= 11 is 0. The number of nitrogens with zero attached hydrogens (tertiary/aromatic N) is 10. The van der Waals surface area contributed by atoms with Crippen LogP contribution in [0.25, 0.3) is 28.2 Å². The Bertz CT molecular complexity index is 1840. The minimum Gasteiger partial charge on any atom is -0.492 e. The highest BCUT2D eigenvalue weighted by atomic mass is 16.5. The van der Waals surface area contributed by atoms with Crippen molar-refractivity contribution >= 4 is 11.5 Å². The molecule has 1 aliphatic rings. The number of ether oxygens (including phenoxy) is 1. The van der Waals surface area contributed by atoms with E-state index in [0.29, 0.717) is 13.2 Å². The Kier molecular flexibility index (Phi) is 6.80. The van der Waals surface area contributed by atoms with Gasteiger partial charge in [0.15, 0.2) is 0 Å². The Morgan fingerprint density at radius 2 is 1.88 bits per heavy atom. The third kappa shape index (κ3) is 5.44. The van der Waals surface area contributed by atoms with Crippen molar-refractivity contribution in [3.63, 3.8) is 0 Å². The van der Waals surface area contributed by atoms with Gasteiger partial charge in [-0.3, -0.25) is 14.0 Å². The zero-order valence-electron chi connectivity index (χ0n) is 23.6. The number of fused-ring (bicyclic) bond motifs is 2. The van der Waals surface area contributed by atoms with Crippen molar-refractivity contribution in [3.8, 4) is 28.3 Å². The third-order valence-corrected chi connectivity index (χ3v) is 7.40. The highest BCUT2D eigenvalue weighted by Crippen LogP contribution is 2.24. The molecule has 5 aromatic heterocycles. The molecule has 6 aromatic rings. The molecule has 0 aliphatic carbocycles. The van der Waals surface area contributed by atoms with Gasteiger partial charge in [0.05, 0.1) is 36.9 Å². The summed E-state index contributed by atoms with van der Waals surface area (Å²) in [5.74, 6) is 3.38. The van der Waals surface area contributed by atoms with Gasteiger partial charge in [-0.15, -0.1) is 0 Å². The maximum Gasteiger partial charge on any atom is 0.147 e. The second kappa shape index (κ2) is 11.1. The van der Waals surface area contributed by atoms with E-state index in [2.05, 4.69) is 64.6 Å². The Labute approximate surface area is 242 Å². The van der Waals surface area contributed by atoms with Gasteiger partial charge in [-0.25, -0.2) is 24.6 Å². The molecule has 1 aromatic carbocycles. The van der Waals surface area contributed by atoms with E-state index in [9.17, 15) is 0 Å². The minimum absolute atomic E-state index is 0.587. The summed E-state index contributed by atoms with van der Waals surface area (Å²) in [4.78, 5) is 20.4. The first-order chi connectivity index (χ1) is 20.6. The molecular formula is C30H31N11O. The average Bonchev–Trinajstić information content (AvgIpc) is 3.73. The molecule has 0 bridgehead atoms. The molecule has 0 atom stereocenters. The molecule has 12 heteroatoms. The molecule has 6 heterocycles. The number of aromatic nitrogens is 9. The monoisotopic (exact) mass is 561 g/mol. The standard InChI is InChI=1S/C30H31N11O/c1-21-36-30-19-39(9-10-41(30)37-21)11-12-42-25-7-8-40-27(17-32-29(40)13-25)26-14-28(34-20-33-26)31-15-22-3-5-23(6-4-22)24-16-35-38(2)18-24/h3-8,13-14,16-18,20H,9-12,15,19H2,1-2H3,(H,31,33,34). The molecule has 0 saturated heterocycles. The molecule has 0 radical (unpaired) electrons. The summed E-state index contributed by atoms with van der Waals surface area (Å²) in [7, 11) is 1.92. The van der Waals surface area contributed by atoms with E-state index in [1.54, 1.807) is 11.0 Å². The first kappa shape index (κ1) is 25.8. The maximum atomic E-state index is 6.07. The van der Waals surface area contributed by atoms with Gasteiger partial charge in [-0.2, -0.15) is 10.2 Å². The van der Waals surface area contributed by atoms with Crippen LogP contribution in [-0.4, -0.2) is 68.5 Å². The Hall–Kier alpha value is -5.10. The number of rotatable bonds is 9. The summed E-state index contributed by atoms with van der Waals surface area (Å²) in [5.41, 5.74) is 5.86. The van der Waals surface area contributed by atoms with E-state index in [1.165, 1.54) is 0 Å². The van der Waals surface area contributed by atoms with E-state index in [-0.39, 0.29) is 0 Å². The molecule has 12 nitrogen and oxygen atoms in total. The topological polar surface area (TPSA) is 116 Å². The van der Waals surface area contributed by atoms with Crippen molar-refractivity contribution in [2.45, 2.75) is 26.6 Å². The fourth-order valence-electron chi connectivity index (χ4n) is 5.21. The average molecular weight is 562 g/mol. The zero-order valence-corrected chi connectivity index (χ0v) is 23.6. The van der Waals surface area contributed by atoms with Crippen LogP contribution in [0.1, 0.15) is 17.2 Å². The lowest BCUT2D eigenvalue weighted by atomic mass is 10.1. The van der Waals surface area contributed by atoms with Gasteiger partial charge in [0.1, 0.15) is 41.8 Å². The molecule has 0 spiro atoms. The van der Waals surface area contributed by atoms with E-state index < -0.39 is 0 Å². The fourth-order valence-corrected chi connectivity index (χ4v) is 5.21. The summed E-state index contributed by atoms with van der Waals surface area (Å²) in [6, 6.07) is 14.3. The smallest absolute Gasteiger partial charge is 0.147 e. The molecule has 0 unspecified atom stereocenters. The van der Waals surface area contributed by atoms with Crippen LogP contribution in [0.2, 0.25) is 0 Å². The molecule has 7 rings (SSSR count). The second-order valence-electron chi connectivity index (χ2n) is 10.4. The van der Waals surface area contributed by atoms with Gasteiger partial charge in [-0.1, -0.05) is 24.3 Å². The molecular weight excluding hydrogens is 530 g/mol. The lowest BCUT2D eigenvalue weighted by Gasteiger charge is -2.26. The van der Waals surface area contributed by atoms with E-state index >= 15 is 0 Å². The second-order valence-corrected chi connectivity index (χ2v) is 10.4. The number of hydrogen-bond acceptors (Lipinski definition) is 9. The third-order valence-electron chi connectivity index (χ3n) is 7.40. The summed E-state index contributed by atoms with van der Waals surface area (Å²) < 4.78 is 11.9. The van der Waals surface area contributed by atoms with Crippen LogP contribution in [0.5, 0.6) is 5.75 Å². The number of hydrogen-bond donors (Lipinski definition) is 1. The van der Waals surface area contributed by atoms with E-state index in [0.717, 1.165) is 83.1 Å². The Morgan fingerprint density at radius 3 is 2.74 bits per heavy atom. The lowest BCUT2D eigenvalue weighted by Crippen LogP contribution is -2.36. The number of nitrogens with one attached hydrogen (secondary N) is 1. The molecule has 0 saturated carbocycles. The van der Waals surface area contributed by atoms with Gasteiger partial charge >= 0.3 is 0 Å². The lowest BCUT2D eigenvalue weighted by molar-refractivity contribution is 0.170. The van der Waals surface area contributed by atoms with Crippen molar-refractivity contribution in [3.05, 3.63) is 90.8 Å². The van der Waals surface area contributed by atoms with Gasteiger partial charge in [0, 0.05) is 56.8 Å². The van der Waals surface area contributed by atoms with Crippen molar-refractivity contribution in [1.82, 2.24) is 48.8 Å². The summed E-state index contributed by atoms with van der Waals surface area (Å²) in [6.45, 7) is 6.58. The van der Waals surface area contributed by atoms with E-state index in [4.69, 9.17) is 4.74 Å². The number of pyridine rings is 1. The first-order valence-electron chi connectivity index (χ1n) is 13.9. The fraction of sp³-hybridized carbons (Fsp3) is 0.267. The first-order valence-corrected chi connectivity index (χ1v) is 13.9. The highest BCUT2D eigenvalue weighted by Gasteiger charge is 2.18. The Morgan fingerprint density at radius 1 is 0.976 bits per heavy atom. The van der Waals surface area contributed by atoms with Gasteiger partial charge < -0.3 is 10.1 Å². The van der Waals surface area contributed by atoms with E-state index in [1.807, 2.05) is 66.0 Å². The molecule has 212 valence electrons. The van der Waals surface area contributed by atoms with Crippen LogP contribution in [-0.2, 0) is 26.7 Å². The largest absolute Gasteiger partial charge is 0.492 e. The SMILES string of the molecule is Cc1nc2n(n1)CCN(CCOc1ccn3c(-c4cc(NCc5ccc(-c6cnn(C)c6)cc5)ncn4)cnc3c1)C2. The number of imidazole rings is 1. The molecule has 42 heavy (non-hydrogen) atoms. The van der Waals surface area contributed by atoms with Crippen molar-refractivity contribution in [2.24, 2.45) is 7.05 Å². The number of anilines is 1. The van der Waals surface area contributed by atoms with Crippen molar-refractivity contribution < 1.29 is 4.74 Å². The summed E-state index contributed by atoms with van der Waals surface area (Å²) in [6.07, 6.45) is 9.25. The molecule has 0 fully saturated rings. The zero-order chi connectivity index (χ0) is 28.5. The van der Waals surface area contributed by atoms with Gasteiger partial charge in [-0.05, 0) is 24.1 Å².